The number of ether oxygens (including phenoxy) is 2. The zero-order valence-electron chi connectivity index (χ0n) is 12.9. The molecule has 1 aromatic carbocycles. The number of hydrogen-bond acceptors (Lipinski definition) is 5. The highest BCUT2D eigenvalue weighted by Gasteiger charge is 2.27. The van der Waals surface area contributed by atoms with Gasteiger partial charge in [0.05, 0.1) is 24.9 Å². The van der Waals surface area contributed by atoms with Gasteiger partial charge in [0.15, 0.2) is 0 Å². The molecule has 1 aromatic rings. The zero-order valence-corrected chi connectivity index (χ0v) is 12.9. The number of rotatable bonds is 5. The molecule has 0 radical (unpaired) electrons. The van der Waals surface area contributed by atoms with Gasteiger partial charge in [-0.2, -0.15) is 0 Å². The number of morpholine rings is 1. The number of amides is 1. The first kappa shape index (κ1) is 16.5. The molecule has 1 amide bonds. The summed E-state index contributed by atoms with van der Waals surface area (Å²) in [6.45, 7) is 5.71. The van der Waals surface area contributed by atoms with Crippen molar-refractivity contribution in [3.63, 3.8) is 0 Å². The van der Waals surface area contributed by atoms with E-state index in [4.69, 9.17) is 9.47 Å². The van der Waals surface area contributed by atoms with Gasteiger partial charge in [-0.25, -0.2) is 4.79 Å². The van der Waals surface area contributed by atoms with Gasteiger partial charge >= 0.3 is 5.97 Å². The van der Waals surface area contributed by atoms with E-state index in [2.05, 4.69) is 10.6 Å². The molecule has 1 fully saturated rings. The molecule has 0 unspecified atom stereocenters. The Labute approximate surface area is 130 Å². The second kappa shape index (κ2) is 7.91. The van der Waals surface area contributed by atoms with E-state index in [0.29, 0.717) is 31.9 Å². The number of carbonyl (C=O) groups is 2. The molecule has 0 aliphatic carbocycles. The third-order valence-electron chi connectivity index (χ3n) is 3.53. The second-order valence-corrected chi connectivity index (χ2v) is 5.14. The van der Waals surface area contributed by atoms with Crippen LogP contribution in [-0.2, 0) is 20.8 Å². The summed E-state index contributed by atoms with van der Waals surface area (Å²) in [4.78, 5) is 23.7. The summed E-state index contributed by atoms with van der Waals surface area (Å²) in [6, 6.07) is 6.68. The molecule has 1 aliphatic heterocycles. The molecule has 2 atom stereocenters. The summed E-state index contributed by atoms with van der Waals surface area (Å²) in [5.41, 5.74) is 1.43. The van der Waals surface area contributed by atoms with Crippen LogP contribution in [0.3, 0.4) is 0 Å². The van der Waals surface area contributed by atoms with Crippen LogP contribution in [0.2, 0.25) is 0 Å². The van der Waals surface area contributed by atoms with Crippen molar-refractivity contribution < 1.29 is 19.1 Å². The van der Waals surface area contributed by atoms with Gasteiger partial charge in [-0.05, 0) is 31.5 Å². The Bertz CT molecular complexity index is 515. The predicted octanol–water partition coefficient (Wildman–Crippen LogP) is 0.856. The van der Waals surface area contributed by atoms with Crippen LogP contribution in [-0.4, -0.2) is 43.8 Å². The normalized spacial score (nSPS) is 21.2. The van der Waals surface area contributed by atoms with Crippen molar-refractivity contribution >= 4 is 11.9 Å². The highest BCUT2D eigenvalue weighted by Crippen LogP contribution is 2.07. The molecule has 1 heterocycles. The first-order valence-corrected chi connectivity index (χ1v) is 7.50. The minimum absolute atomic E-state index is 0.0818. The molecule has 0 saturated carbocycles. The SMILES string of the molecule is CCOC(=O)c1ccc(CNC(=O)[C@H]2NCCO[C@@H]2C)cc1. The van der Waals surface area contributed by atoms with E-state index in [1.54, 1.807) is 31.2 Å². The van der Waals surface area contributed by atoms with Crippen molar-refractivity contribution in [1.82, 2.24) is 10.6 Å². The Morgan fingerprint density at radius 2 is 2.09 bits per heavy atom. The maximum Gasteiger partial charge on any atom is 0.338 e. The minimum Gasteiger partial charge on any atom is -0.462 e. The van der Waals surface area contributed by atoms with Gasteiger partial charge in [0.25, 0.3) is 0 Å². The molecular weight excluding hydrogens is 284 g/mol. The van der Waals surface area contributed by atoms with Gasteiger partial charge < -0.3 is 20.1 Å². The molecule has 0 aromatic heterocycles. The molecule has 6 nitrogen and oxygen atoms in total. The largest absolute Gasteiger partial charge is 0.462 e. The molecule has 2 rings (SSSR count). The summed E-state index contributed by atoms with van der Waals surface area (Å²) >= 11 is 0. The minimum atomic E-state index is -0.338. The average Bonchev–Trinajstić information content (AvgIpc) is 2.54. The number of carbonyl (C=O) groups excluding carboxylic acids is 2. The van der Waals surface area contributed by atoms with E-state index in [1.165, 1.54) is 0 Å². The summed E-state index contributed by atoms with van der Waals surface area (Å²) in [6.07, 6.45) is -0.139. The first-order chi connectivity index (χ1) is 10.6. The van der Waals surface area contributed by atoms with Crippen LogP contribution in [0.4, 0.5) is 0 Å². The van der Waals surface area contributed by atoms with E-state index in [0.717, 1.165) is 5.56 Å². The highest BCUT2D eigenvalue weighted by molar-refractivity contribution is 5.89. The van der Waals surface area contributed by atoms with Crippen molar-refractivity contribution in [2.75, 3.05) is 19.8 Å². The van der Waals surface area contributed by atoms with Gasteiger partial charge in [-0.3, -0.25) is 4.79 Å². The van der Waals surface area contributed by atoms with E-state index >= 15 is 0 Å². The maximum atomic E-state index is 12.1. The third kappa shape index (κ3) is 4.29. The van der Waals surface area contributed by atoms with Gasteiger partial charge in [0.1, 0.15) is 6.04 Å². The lowest BCUT2D eigenvalue weighted by Gasteiger charge is -2.29. The fourth-order valence-corrected chi connectivity index (χ4v) is 2.30. The summed E-state index contributed by atoms with van der Waals surface area (Å²) < 4.78 is 10.4. The Morgan fingerprint density at radius 1 is 1.36 bits per heavy atom. The van der Waals surface area contributed by atoms with Gasteiger partial charge in [0, 0.05) is 13.1 Å². The van der Waals surface area contributed by atoms with Crippen LogP contribution in [0.5, 0.6) is 0 Å². The zero-order chi connectivity index (χ0) is 15.9. The maximum absolute atomic E-state index is 12.1. The quantitative estimate of drug-likeness (QED) is 0.789. The Hall–Kier alpha value is -1.92. The molecule has 6 heteroatoms. The smallest absolute Gasteiger partial charge is 0.338 e. The molecule has 0 spiro atoms. The van der Waals surface area contributed by atoms with E-state index < -0.39 is 0 Å². The Kier molecular flexibility index (Phi) is 5.91. The molecular formula is C16H22N2O4. The molecule has 2 N–H and O–H groups in total. The lowest BCUT2D eigenvalue weighted by molar-refractivity contribution is -0.129. The summed E-state index contributed by atoms with van der Waals surface area (Å²) in [7, 11) is 0. The van der Waals surface area contributed by atoms with E-state index in [-0.39, 0.29) is 24.0 Å². The van der Waals surface area contributed by atoms with Crippen LogP contribution in [0, 0.1) is 0 Å². The van der Waals surface area contributed by atoms with Crippen molar-refractivity contribution in [2.24, 2.45) is 0 Å². The van der Waals surface area contributed by atoms with Crippen molar-refractivity contribution in [3.8, 4) is 0 Å². The van der Waals surface area contributed by atoms with Crippen LogP contribution in [0.15, 0.2) is 24.3 Å². The Morgan fingerprint density at radius 3 is 2.73 bits per heavy atom. The molecule has 0 bridgehead atoms. The van der Waals surface area contributed by atoms with Crippen molar-refractivity contribution in [2.45, 2.75) is 32.5 Å². The third-order valence-corrected chi connectivity index (χ3v) is 3.53. The van der Waals surface area contributed by atoms with Crippen LogP contribution in [0.25, 0.3) is 0 Å². The monoisotopic (exact) mass is 306 g/mol. The summed E-state index contributed by atoms with van der Waals surface area (Å²) in [5.74, 6) is -0.419. The van der Waals surface area contributed by atoms with Crippen LogP contribution in [0.1, 0.15) is 29.8 Å². The van der Waals surface area contributed by atoms with E-state index in [9.17, 15) is 9.59 Å². The highest BCUT2D eigenvalue weighted by atomic mass is 16.5. The topological polar surface area (TPSA) is 76.7 Å². The average molecular weight is 306 g/mol. The lowest BCUT2D eigenvalue weighted by Crippen LogP contribution is -2.55. The standard InChI is InChI=1S/C16H22N2O4/c1-3-21-16(20)13-6-4-12(5-7-13)10-18-15(19)14-11(2)22-9-8-17-14/h4-7,11,14,17H,3,8-10H2,1-2H3,(H,18,19)/t11-,14+/m1/s1. The first-order valence-electron chi connectivity index (χ1n) is 7.50. The second-order valence-electron chi connectivity index (χ2n) is 5.14. The van der Waals surface area contributed by atoms with E-state index in [1.807, 2.05) is 6.92 Å². The summed E-state index contributed by atoms with van der Waals surface area (Å²) in [5, 5.41) is 6.02. The van der Waals surface area contributed by atoms with Gasteiger partial charge in [0.2, 0.25) is 5.91 Å². The number of nitrogens with one attached hydrogen (secondary N) is 2. The van der Waals surface area contributed by atoms with Crippen molar-refractivity contribution in [1.29, 1.82) is 0 Å². The van der Waals surface area contributed by atoms with Gasteiger partial charge in [-0.15, -0.1) is 0 Å². The fraction of sp³-hybridized carbons (Fsp3) is 0.500. The molecule has 1 saturated heterocycles. The van der Waals surface area contributed by atoms with Gasteiger partial charge in [-0.1, -0.05) is 12.1 Å². The lowest BCUT2D eigenvalue weighted by atomic mass is 10.1. The Balaban J connectivity index is 1.86. The fourth-order valence-electron chi connectivity index (χ4n) is 2.30. The molecule has 120 valence electrons. The van der Waals surface area contributed by atoms with Crippen LogP contribution < -0.4 is 10.6 Å². The number of esters is 1. The van der Waals surface area contributed by atoms with Crippen molar-refractivity contribution in [3.05, 3.63) is 35.4 Å². The molecule has 1 aliphatic rings. The predicted molar refractivity (Wildman–Crippen MR) is 81.4 cm³/mol. The number of hydrogen-bond donors (Lipinski definition) is 2. The van der Waals surface area contributed by atoms with Crippen LogP contribution >= 0.6 is 0 Å². The number of benzene rings is 1. The molecule has 22 heavy (non-hydrogen) atoms.